The second-order valence-electron chi connectivity index (χ2n) is 10.3. The Bertz CT molecular complexity index is 1230. The zero-order valence-corrected chi connectivity index (χ0v) is 21.5. The smallest absolute Gasteiger partial charge is 0.270 e. The van der Waals surface area contributed by atoms with Crippen molar-refractivity contribution in [3.63, 3.8) is 0 Å². The van der Waals surface area contributed by atoms with E-state index < -0.39 is 0 Å². The monoisotopic (exact) mass is 491 g/mol. The number of thiophene rings is 1. The van der Waals surface area contributed by atoms with Crippen LogP contribution in [-0.4, -0.2) is 54.8 Å². The van der Waals surface area contributed by atoms with Gasteiger partial charge in [-0.05, 0) is 86.8 Å². The van der Waals surface area contributed by atoms with Gasteiger partial charge in [0.25, 0.3) is 5.91 Å². The van der Waals surface area contributed by atoms with Crippen molar-refractivity contribution in [2.24, 2.45) is 11.8 Å². The number of nitrogens with one attached hydrogen (secondary N) is 1. The first kappa shape index (κ1) is 22.7. The number of nitrogens with zero attached hydrogens (tertiary/aromatic N) is 2. The van der Waals surface area contributed by atoms with Crippen LogP contribution in [0, 0.1) is 11.8 Å². The highest BCUT2D eigenvalue weighted by Gasteiger charge is 2.36. The number of methoxy groups -OCH3 is 1. The van der Waals surface area contributed by atoms with Crippen LogP contribution in [-0.2, 0) is 13.0 Å². The van der Waals surface area contributed by atoms with Gasteiger partial charge in [-0.3, -0.25) is 4.79 Å². The number of ether oxygens (including phenoxy) is 2. The van der Waals surface area contributed by atoms with Crippen LogP contribution in [0.25, 0.3) is 21.7 Å². The minimum Gasteiger partial charge on any atom is -0.493 e. The van der Waals surface area contributed by atoms with Crippen molar-refractivity contribution in [1.29, 1.82) is 0 Å². The molecule has 0 radical (unpaired) electrons. The number of piperidine rings is 2. The Labute approximate surface area is 210 Å². The Morgan fingerprint density at radius 1 is 1.11 bits per heavy atom. The van der Waals surface area contributed by atoms with Gasteiger partial charge in [-0.1, -0.05) is 6.07 Å². The van der Waals surface area contributed by atoms with Crippen LogP contribution in [0.2, 0.25) is 0 Å². The van der Waals surface area contributed by atoms with Gasteiger partial charge in [0.05, 0.1) is 18.9 Å². The molecule has 2 bridgehead atoms. The van der Waals surface area contributed by atoms with Crippen LogP contribution in [0.1, 0.15) is 36.3 Å². The van der Waals surface area contributed by atoms with E-state index in [-0.39, 0.29) is 12.0 Å². The number of aromatic nitrogens is 1. The molecular formula is C28H33N3O3S. The number of benzene rings is 1. The molecule has 0 aliphatic carbocycles. The fraction of sp³-hybridized carbons (Fsp3) is 0.464. The molecule has 184 valence electrons. The molecule has 7 heteroatoms. The van der Waals surface area contributed by atoms with Crippen molar-refractivity contribution in [3.8, 4) is 33.2 Å². The lowest BCUT2D eigenvalue weighted by Crippen LogP contribution is -2.53. The standard InChI is InChI=1S/C28H33N3O3S/c1-17(2)34-25-12-21-20(10-24(25)33-3)6-7-31-23(11-22(27(21)31)26-5-4-8-35-26)28(32)30-15-18-9-19(16-30)14-29-13-18/h4-5,8,10-12,17-19,29H,6-7,9,13-16H2,1-3H3. The van der Waals surface area contributed by atoms with Crippen molar-refractivity contribution < 1.29 is 14.3 Å². The molecule has 2 unspecified atom stereocenters. The van der Waals surface area contributed by atoms with E-state index in [4.69, 9.17) is 9.47 Å². The molecule has 3 aromatic rings. The molecule has 35 heavy (non-hydrogen) atoms. The minimum absolute atomic E-state index is 0.0410. The number of hydrogen-bond donors (Lipinski definition) is 1. The molecule has 1 aromatic carbocycles. The van der Waals surface area contributed by atoms with Gasteiger partial charge in [-0.15, -0.1) is 11.3 Å². The maximum Gasteiger partial charge on any atom is 0.270 e. The van der Waals surface area contributed by atoms with E-state index in [0.29, 0.717) is 11.8 Å². The SMILES string of the molecule is COc1cc2c(cc1OC(C)C)-c1c(-c3cccs3)cc(C(=O)N3CC4CNCC(C4)C3)n1CC2. The van der Waals surface area contributed by atoms with E-state index in [2.05, 4.69) is 50.5 Å². The molecule has 2 saturated heterocycles. The van der Waals surface area contributed by atoms with Crippen LogP contribution in [0.3, 0.4) is 0 Å². The van der Waals surface area contributed by atoms with Crippen LogP contribution in [0.5, 0.6) is 11.5 Å². The fourth-order valence-electron chi connectivity index (χ4n) is 6.07. The van der Waals surface area contributed by atoms with Crippen LogP contribution in [0.15, 0.2) is 35.7 Å². The van der Waals surface area contributed by atoms with Gasteiger partial charge < -0.3 is 24.3 Å². The van der Waals surface area contributed by atoms with Crippen LogP contribution >= 0.6 is 11.3 Å². The molecule has 0 saturated carbocycles. The first-order valence-electron chi connectivity index (χ1n) is 12.7. The van der Waals surface area contributed by atoms with Gasteiger partial charge in [-0.25, -0.2) is 0 Å². The molecule has 2 aromatic heterocycles. The third kappa shape index (κ3) is 4.04. The number of rotatable bonds is 5. The molecule has 6 nitrogen and oxygen atoms in total. The predicted molar refractivity (Wildman–Crippen MR) is 140 cm³/mol. The molecule has 2 atom stereocenters. The van der Waals surface area contributed by atoms with Crippen molar-refractivity contribution in [1.82, 2.24) is 14.8 Å². The molecular weight excluding hydrogens is 458 g/mol. The molecule has 3 aliphatic rings. The summed E-state index contributed by atoms with van der Waals surface area (Å²) >= 11 is 1.72. The second kappa shape index (κ2) is 9.03. The molecule has 1 N–H and O–H groups in total. The second-order valence-corrected chi connectivity index (χ2v) is 11.3. The molecule has 5 heterocycles. The highest BCUT2D eigenvalue weighted by Crippen LogP contribution is 2.45. The van der Waals surface area contributed by atoms with Gasteiger partial charge in [0.1, 0.15) is 5.69 Å². The third-order valence-electron chi connectivity index (χ3n) is 7.49. The van der Waals surface area contributed by atoms with Crippen molar-refractivity contribution in [3.05, 3.63) is 47.0 Å². The van der Waals surface area contributed by atoms with E-state index in [1.807, 2.05) is 13.8 Å². The maximum absolute atomic E-state index is 14.0. The summed E-state index contributed by atoms with van der Waals surface area (Å²) in [5, 5.41) is 5.64. The Balaban J connectivity index is 1.47. The summed E-state index contributed by atoms with van der Waals surface area (Å²) in [5.74, 6) is 2.80. The minimum atomic E-state index is 0.0410. The average Bonchev–Trinajstić information content (AvgIpc) is 3.50. The normalized spacial score (nSPS) is 21.0. The maximum atomic E-state index is 14.0. The van der Waals surface area contributed by atoms with E-state index >= 15 is 0 Å². The first-order valence-corrected chi connectivity index (χ1v) is 13.5. The summed E-state index contributed by atoms with van der Waals surface area (Å²) < 4.78 is 14.1. The van der Waals surface area contributed by atoms with Crippen LogP contribution < -0.4 is 14.8 Å². The number of carbonyl (C=O) groups is 1. The quantitative estimate of drug-likeness (QED) is 0.551. The van der Waals surface area contributed by atoms with Gasteiger partial charge in [0, 0.05) is 35.6 Å². The molecule has 1 amide bonds. The van der Waals surface area contributed by atoms with E-state index in [1.54, 1.807) is 18.4 Å². The number of likely N-dealkylation sites (tertiary alicyclic amines) is 1. The summed E-state index contributed by atoms with van der Waals surface area (Å²) in [6.07, 6.45) is 2.13. The largest absolute Gasteiger partial charge is 0.493 e. The molecule has 0 spiro atoms. The summed E-state index contributed by atoms with van der Waals surface area (Å²) in [7, 11) is 1.69. The Morgan fingerprint density at radius 2 is 1.91 bits per heavy atom. The average molecular weight is 492 g/mol. The lowest BCUT2D eigenvalue weighted by Gasteiger charge is -2.41. The number of fused-ring (bicyclic) bond motifs is 5. The van der Waals surface area contributed by atoms with Gasteiger partial charge in [0.15, 0.2) is 11.5 Å². The van der Waals surface area contributed by atoms with Crippen molar-refractivity contribution in [2.45, 2.75) is 39.3 Å². The first-order chi connectivity index (χ1) is 17.0. The molecule has 2 fully saturated rings. The Kier molecular flexibility index (Phi) is 5.85. The van der Waals surface area contributed by atoms with Crippen molar-refractivity contribution in [2.75, 3.05) is 33.3 Å². The van der Waals surface area contributed by atoms with Gasteiger partial charge >= 0.3 is 0 Å². The van der Waals surface area contributed by atoms with Crippen LogP contribution in [0.4, 0.5) is 0 Å². The lowest BCUT2D eigenvalue weighted by molar-refractivity contribution is 0.0527. The van der Waals surface area contributed by atoms with E-state index in [1.165, 1.54) is 16.9 Å². The zero-order chi connectivity index (χ0) is 24.1. The molecule has 6 rings (SSSR count). The number of amides is 1. The fourth-order valence-corrected chi connectivity index (χ4v) is 6.81. The Morgan fingerprint density at radius 3 is 2.60 bits per heavy atom. The lowest BCUT2D eigenvalue weighted by atomic mass is 9.86. The summed E-state index contributed by atoms with van der Waals surface area (Å²) in [6.45, 7) is 8.55. The summed E-state index contributed by atoms with van der Waals surface area (Å²) in [5.41, 5.74) is 5.42. The number of aryl methyl sites for hydroxylation is 1. The molecule has 3 aliphatic heterocycles. The highest BCUT2D eigenvalue weighted by atomic mass is 32.1. The van der Waals surface area contributed by atoms with E-state index in [0.717, 1.165) is 73.2 Å². The predicted octanol–water partition coefficient (Wildman–Crippen LogP) is 4.92. The third-order valence-corrected chi connectivity index (χ3v) is 8.39. The number of hydrogen-bond acceptors (Lipinski definition) is 5. The highest BCUT2D eigenvalue weighted by molar-refractivity contribution is 7.13. The number of carbonyl (C=O) groups excluding carboxylic acids is 1. The Hall–Kier alpha value is -2.77. The summed E-state index contributed by atoms with van der Waals surface area (Å²) in [6, 6.07) is 10.6. The van der Waals surface area contributed by atoms with E-state index in [9.17, 15) is 4.79 Å². The van der Waals surface area contributed by atoms with Gasteiger partial charge in [-0.2, -0.15) is 0 Å². The van der Waals surface area contributed by atoms with Gasteiger partial charge in [0.2, 0.25) is 0 Å². The summed E-state index contributed by atoms with van der Waals surface area (Å²) in [4.78, 5) is 17.2. The topological polar surface area (TPSA) is 55.7 Å². The zero-order valence-electron chi connectivity index (χ0n) is 20.7. The van der Waals surface area contributed by atoms with Crippen molar-refractivity contribution >= 4 is 17.2 Å².